The van der Waals surface area contributed by atoms with E-state index in [9.17, 15) is 0 Å². The molecule has 4 nitrogen and oxygen atoms in total. The van der Waals surface area contributed by atoms with E-state index < -0.39 is 0 Å². The third kappa shape index (κ3) is 3.34. The van der Waals surface area contributed by atoms with Crippen molar-refractivity contribution in [2.45, 2.75) is 24.7 Å². The molecule has 1 aliphatic rings. The van der Waals surface area contributed by atoms with Gasteiger partial charge >= 0.3 is 0 Å². The first-order valence-corrected chi connectivity index (χ1v) is 6.96. The molecule has 1 saturated heterocycles. The molecule has 1 aromatic rings. The SMILES string of the molecule is NNc1ncc(CSCC2CCCO2)s1. The van der Waals surface area contributed by atoms with Gasteiger partial charge in [0.25, 0.3) is 0 Å². The second kappa shape index (κ2) is 5.69. The lowest BCUT2D eigenvalue weighted by atomic mass is 10.3. The number of rotatable bonds is 5. The van der Waals surface area contributed by atoms with Gasteiger partial charge in [0.15, 0.2) is 5.13 Å². The molecule has 1 fully saturated rings. The first-order valence-electron chi connectivity index (χ1n) is 4.99. The summed E-state index contributed by atoms with van der Waals surface area (Å²) in [5, 5.41) is 0.780. The maximum atomic E-state index is 5.55. The van der Waals surface area contributed by atoms with Crippen LogP contribution in [0.3, 0.4) is 0 Å². The Morgan fingerprint density at radius 1 is 1.73 bits per heavy atom. The highest BCUT2D eigenvalue weighted by Crippen LogP contribution is 2.24. The average molecular weight is 245 g/mol. The number of thiazole rings is 1. The fourth-order valence-electron chi connectivity index (χ4n) is 1.51. The number of anilines is 1. The molecule has 0 amide bonds. The van der Waals surface area contributed by atoms with Gasteiger partial charge in [-0.05, 0) is 12.8 Å². The Labute approximate surface area is 97.6 Å². The summed E-state index contributed by atoms with van der Waals surface area (Å²) in [6.45, 7) is 0.938. The summed E-state index contributed by atoms with van der Waals surface area (Å²) in [5.74, 6) is 7.35. The van der Waals surface area contributed by atoms with E-state index in [0.29, 0.717) is 6.10 Å². The van der Waals surface area contributed by atoms with Crippen LogP contribution < -0.4 is 11.3 Å². The number of thioether (sulfide) groups is 1. The van der Waals surface area contributed by atoms with Gasteiger partial charge < -0.3 is 4.74 Å². The molecule has 84 valence electrons. The van der Waals surface area contributed by atoms with Crippen LogP contribution in [0.15, 0.2) is 6.20 Å². The third-order valence-corrected chi connectivity index (χ3v) is 4.48. The van der Waals surface area contributed by atoms with E-state index in [2.05, 4.69) is 10.4 Å². The zero-order valence-corrected chi connectivity index (χ0v) is 10.1. The molecule has 0 aromatic carbocycles. The Bertz CT molecular complexity index is 299. The van der Waals surface area contributed by atoms with Crippen LogP contribution in [-0.4, -0.2) is 23.4 Å². The van der Waals surface area contributed by atoms with Crippen molar-refractivity contribution in [2.75, 3.05) is 17.8 Å². The number of nitrogens with two attached hydrogens (primary N) is 1. The fourth-order valence-corrected chi connectivity index (χ4v) is 3.43. The summed E-state index contributed by atoms with van der Waals surface area (Å²) in [4.78, 5) is 5.38. The van der Waals surface area contributed by atoms with E-state index in [0.717, 1.165) is 23.2 Å². The molecule has 6 heteroatoms. The van der Waals surface area contributed by atoms with Crippen molar-refractivity contribution in [3.05, 3.63) is 11.1 Å². The van der Waals surface area contributed by atoms with E-state index in [-0.39, 0.29) is 0 Å². The van der Waals surface area contributed by atoms with Crippen LogP contribution in [0.25, 0.3) is 0 Å². The highest BCUT2D eigenvalue weighted by molar-refractivity contribution is 7.98. The molecule has 0 radical (unpaired) electrons. The molecular formula is C9H15N3OS2. The Morgan fingerprint density at radius 2 is 2.67 bits per heavy atom. The number of ether oxygens (including phenoxy) is 1. The summed E-state index contributed by atoms with van der Waals surface area (Å²) in [5.41, 5.74) is 2.55. The zero-order chi connectivity index (χ0) is 10.5. The lowest BCUT2D eigenvalue weighted by molar-refractivity contribution is 0.129. The molecule has 1 atom stereocenters. The summed E-state index contributed by atoms with van der Waals surface area (Å²) in [6, 6.07) is 0. The van der Waals surface area contributed by atoms with E-state index in [1.54, 1.807) is 11.3 Å². The van der Waals surface area contributed by atoms with Crippen LogP contribution in [0.4, 0.5) is 5.13 Å². The number of nitrogens with one attached hydrogen (secondary N) is 1. The van der Waals surface area contributed by atoms with Crippen molar-refractivity contribution < 1.29 is 4.74 Å². The van der Waals surface area contributed by atoms with Crippen molar-refractivity contribution in [2.24, 2.45) is 5.84 Å². The van der Waals surface area contributed by atoms with Crippen LogP contribution in [0.1, 0.15) is 17.7 Å². The van der Waals surface area contributed by atoms with Crippen LogP contribution >= 0.6 is 23.1 Å². The van der Waals surface area contributed by atoms with E-state index in [1.807, 2.05) is 18.0 Å². The molecule has 1 aromatic heterocycles. The highest BCUT2D eigenvalue weighted by Gasteiger charge is 2.15. The summed E-state index contributed by atoms with van der Waals surface area (Å²) >= 11 is 3.51. The summed E-state index contributed by atoms with van der Waals surface area (Å²) in [6.07, 6.45) is 4.77. The van der Waals surface area contributed by atoms with Gasteiger partial charge in [0.1, 0.15) is 0 Å². The molecule has 0 saturated carbocycles. The van der Waals surface area contributed by atoms with Crippen molar-refractivity contribution in [1.82, 2.24) is 4.98 Å². The quantitative estimate of drug-likeness (QED) is 0.612. The Kier molecular flexibility index (Phi) is 4.25. The van der Waals surface area contributed by atoms with E-state index in [1.165, 1.54) is 17.7 Å². The van der Waals surface area contributed by atoms with Gasteiger partial charge in [-0.25, -0.2) is 10.8 Å². The normalized spacial score (nSPS) is 20.7. The minimum absolute atomic E-state index is 0.468. The van der Waals surface area contributed by atoms with E-state index >= 15 is 0 Å². The molecule has 3 N–H and O–H groups in total. The number of hydrogen-bond donors (Lipinski definition) is 2. The van der Waals surface area contributed by atoms with Gasteiger partial charge in [0.05, 0.1) is 6.10 Å². The Balaban J connectivity index is 1.68. The minimum Gasteiger partial charge on any atom is -0.377 e. The maximum absolute atomic E-state index is 5.55. The molecule has 15 heavy (non-hydrogen) atoms. The predicted octanol–water partition coefficient (Wildman–Crippen LogP) is 1.84. The van der Waals surface area contributed by atoms with Gasteiger partial charge in [0, 0.05) is 29.2 Å². The van der Waals surface area contributed by atoms with Crippen LogP contribution in [0.2, 0.25) is 0 Å². The van der Waals surface area contributed by atoms with Gasteiger partial charge in [-0.15, -0.1) is 11.3 Å². The van der Waals surface area contributed by atoms with Crippen LogP contribution in [-0.2, 0) is 10.5 Å². The van der Waals surface area contributed by atoms with Crippen molar-refractivity contribution in [1.29, 1.82) is 0 Å². The monoisotopic (exact) mass is 245 g/mol. The first kappa shape index (κ1) is 11.2. The minimum atomic E-state index is 0.468. The Morgan fingerprint density at radius 3 is 3.33 bits per heavy atom. The van der Waals surface area contributed by atoms with Gasteiger partial charge in [-0.1, -0.05) is 0 Å². The van der Waals surface area contributed by atoms with Crippen molar-refractivity contribution in [3.8, 4) is 0 Å². The molecule has 0 aliphatic carbocycles. The van der Waals surface area contributed by atoms with E-state index in [4.69, 9.17) is 10.6 Å². The van der Waals surface area contributed by atoms with Crippen LogP contribution in [0, 0.1) is 0 Å². The van der Waals surface area contributed by atoms with Crippen molar-refractivity contribution in [3.63, 3.8) is 0 Å². The second-order valence-corrected chi connectivity index (χ2v) is 5.57. The average Bonchev–Trinajstić information content (AvgIpc) is 2.88. The second-order valence-electron chi connectivity index (χ2n) is 3.43. The smallest absolute Gasteiger partial charge is 0.197 e. The highest BCUT2D eigenvalue weighted by atomic mass is 32.2. The first-order chi connectivity index (χ1) is 7.38. The predicted molar refractivity (Wildman–Crippen MR) is 65.1 cm³/mol. The summed E-state index contributed by atoms with van der Waals surface area (Å²) < 4.78 is 5.55. The summed E-state index contributed by atoms with van der Waals surface area (Å²) in [7, 11) is 0. The van der Waals surface area contributed by atoms with Gasteiger partial charge in [-0.2, -0.15) is 11.8 Å². The van der Waals surface area contributed by atoms with Gasteiger partial charge in [0.2, 0.25) is 0 Å². The van der Waals surface area contributed by atoms with Gasteiger partial charge in [-0.3, -0.25) is 5.43 Å². The molecule has 1 aliphatic heterocycles. The fraction of sp³-hybridized carbons (Fsp3) is 0.667. The number of hydrazine groups is 1. The number of nitrogen functional groups attached to an aromatic ring is 1. The molecule has 2 rings (SSSR count). The third-order valence-electron chi connectivity index (χ3n) is 2.25. The number of aromatic nitrogens is 1. The zero-order valence-electron chi connectivity index (χ0n) is 8.44. The van der Waals surface area contributed by atoms with Crippen LogP contribution in [0.5, 0.6) is 0 Å². The molecule has 2 heterocycles. The molecular weight excluding hydrogens is 230 g/mol. The lowest BCUT2D eigenvalue weighted by Gasteiger charge is -2.07. The topological polar surface area (TPSA) is 60.2 Å². The standard InChI is InChI=1S/C9H15N3OS2/c10-12-9-11-4-8(15-9)6-14-5-7-2-1-3-13-7/h4,7H,1-3,5-6,10H2,(H,11,12). The largest absolute Gasteiger partial charge is 0.377 e. The number of hydrogen-bond acceptors (Lipinski definition) is 6. The Hall–Kier alpha value is -0.300. The molecule has 0 spiro atoms. The maximum Gasteiger partial charge on any atom is 0.197 e. The molecule has 0 bridgehead atoms. The lowest BCUT2D eigenvalue weighted by Crippen LogP contribution is -2.07. The molecule has 1 unspecified atom stereocenters. The number of nitrogens with zero attached hydrogens (tertiary/aromatic N) is 1. The van der Waals surface area contributed by atoms with Crippen molar-refractivity contribution >= 4 is 28.2 Å².